The predicted octanol–water partition coefficient (Wildman–Crippen LogP) is 3.51. The number of aryl methyl sites for hydroxylation is 1. The summed E-state index contributed by atoms with van der Waals surface area (Å²) in [4.78, 5) is 27.0. The van der Waals surface area contributed by atoms with Gasteiger partial charge >= 0.3 is 5.69 Å². The number of hydrogen-bond acceptors (Lipinski definition) is 7. The predicted molar refractivity (Wildman–Crippen MR) is 157 cm³/mol. The minimum atomic E-state index is -1.07. The first-order valence-corrected chi connectivity index (χ1v) is 14.0. The first kappa shape index (κ1) is 29.5. The Bertz CT molecular complexity index is 1530. The van der Waals surface area contributed by atoms with E-state index in [1.54, 1.807) is 14.0 Å². The number of aromatic nitrogens is 2. The molecule has 1 aliphatic rings. The van der Waals surface area contributed by atoms with Gasteiger partial charge in [0.15, 0.2) is 6.23 Å². The number of aliphatic hydroxyl groups is 2. The number of methoxy groups -OCH3 is 1. The fourth-order valence-electron chi connectivity index (χ4n) is 5.77. The number of aliphatic hydroxyl groups excluding tert-OH is 2. The summed E-state index contributed by atoms with van der Waals surface area (Å²) in [6.45, 7) is 1.60. The summed E-state index contributed by atoms with van der Waals surface area (Å²) in [5, 5.41) is 21.0. The lowest BCUT2D eigenvalue weighted by Gasteiger charge is -2.37. The van der Waals surface area contributed by atoms with Gasteiger partial charge in [-0.25, -0.2) is 4.79 Å². The van der Waals surface area contributed by atoms with Gasteiger partial charge in [0.2, 0.25) is 0 Å². The third-order valence-electron chi connectivity index (χ3n) is 7.96. The second-order valence-electron chi connectivity index (χ2n) is 10.5. The zero-order chi connectivity index (χ0) is 29.7. The molecule has 9 nitrogen and oxygen atoms in total. The molecule has 5 rings (SSSR count). The van der Waals surface area contributed by atoms with Gasteiger partial charge in [-0.15, -0.1) is 0 Å². The van der Waals surface area contributed by atoms with E-state index in [-0.39, 0.29) is 13.2 Å². The van der Waals surface area contributed by atoms with Crippen LogP contribution in [0.5, 0.6) is 5.75 Å². The molecule has 4 atom stereocenters. The van der Waals surface area contributed by atoms with E-state index < -0.39 is 41.2 Å². The van der Waals surface area contributed by atoms with E-state index in [1.165, 1.54) is 10.8 Å². The number of hydrogen-bond donors (Lipinski definition) is 3. The van der Waals surface area contributed by atoms with Crippen LogP contribution in [0.2, 0.25) is 0 Å². The number of benzene rings is 3. The SMILES string of the molecule is COc1ccc(C(OC[C@H]2O[C@@H](n3cc(C)c(=O)[nH]c3=O)[C@@H](O)C2CCCO)(c2ccccc2)c2ccccc2)cc1. The fraction of sp³-hybridized carbons (Fsp3) is 0.333. The highest BCUT2D eigenvalue weighted by molar-refractivity contribution is 5.48. The summed E-state index contributed by atoms with van der Waals surface area (Å²) < 4.78 is 20.0. The molecule has 1 unspecified atom stereocenters. The molecule has 3 N–H and O–H groups in total. The maximum Gasteiger partial charge on any atom is 0.330 e. The Hall–Kier alpha value is -4.02. The fourth-order valence-corrected chi connectivity index (χ4v) is 5.77. The highest BCUT2D eigenvalue weighted by Gasteiger charge is 2.47. The van der Waals surface area contributed by atoms with Gasteiger partial charge < -0.3 is 24.4 Å². The van der Waals surface area contributed by atoms with Crippen molar-refractivity contribution in [2.24, 2.45) is 5.92 Å². The zero-order valence-electron chi connectivity index (χ0n) is 23.7. The second kappa shape index (κ2) is 12.9. The number of nitrogens with one attached hydrogen (secondary N) is 1. The second-order valence-corrected chi connectivity index (χ2v) is 10.5. The third-order valence-corrected chi connectivity index (χ3v) is 7.96. The van der Waals surface area contributed by atoms with Crippen molar-refractivity contribution >= 4 is 0 Å². The molecule has 0 radical (unpaired) electrons. The maximum atomic E-state index is 12.7. The van der Waals surface area contributed by atoms with Crippen molar-refractivity contribution in [1.29, 1.82) is 0 Å². The average molecular weight is 573 g/mol. The molecule has 42 heavy (non-hydrogen) atoms. The third kappa shape index (κ3) is 5.69. The highest BCUT2D eigenvalue weighted by Crippen LogP contribution is 2.43. The van der Waals surface area contributed by atoms with Gasteiger partial charge in [0.25, 0.3) is 5.56 Å². The molecule has 1 saturated heterocycles. The Morgan fingerprint density at radius 3 is 2.10 bits per heavy atom. The van der Waals surface area contributed by atoms with Crippen molar-refractivity contribution in [1.82, 2.24) is 9.55 Å². The van der Waals surface area contributed by atoms with Crippen LogP contribution in [0, 0.1) is 12.8 Å². The number of ether oxygens (including phenoxy) is 3. The number of nitrogens with zero attached hydrogens (tertiary/aromatic N) is 1. The molecular weight excluding hydrogens is 536 g/mol. The number of aromatic amines is 1. The molecule has 0 bridgehead atoms. The van der Waals surface area contributed by atoms with E-state index >= 15 is 0 Å². The molecule has 0 spiro atoms. The molecule has 1 aliphatic heterocycles. The zero-order valence-corrected chi connectivity index (χ0v) is 23.7. The first-order chi connectivity index (χ1) is 20.4. The molecule has 0 amide bonds. The van der Waals surface area contributed by atoms with Crippen LogP contribution in [-0.2, 0) is 15.1 Å². The van der Waals surface area contributed by atoms with Crippen LogP contribution in [0.3, 0.4) is 0 Å². The van der Waals surface area contributed by atoms with Crippen molar-refractivity contribution in [3.8, 4) is 5.75 Å². The smallest absolute Gasteiger partial charge is 0.330 e. The Labute approximate surface area is 244 Å². The summed E-state index contributed by atoms with van der Waals surface area (Å²) in [5.74, 6) is 0.269. The van der Waals surface area contributed by atoms with Crippen LogP contribution in [0.25, 0.3) is 0 Å². The largest absolute Gasteiger partial charge is 0.497 e. The standard InChI is InChI=1S/C33H36N2O7/c1-22-20-35(32(39)34-30(22)38)31-29(37)27(14-9-19-36)28(42-31)21-41-33(23-10-5-3-6-11-23,24-12-7-4-8-13-24)25-15-17-26(40-2)18-16-25/h3-8,10-13,15-18,20,27-29,31,36-37H,9,14,19,21H2,1-2H3,(H,34,38,39)/t27?,28-,29+,31-/m1/s1. The lowest BCUT2D eigenvalue weighted by molar-refractivity contribution is -0.0908. The van der Waals surface area contributed by atoms with Gasteiger partial charge in [0.1, 0.15) is 17.5 Å². The highest BCUT2D eigenvalue weighted by atomic mass is 16.6. The van der Waals surface area contributed by atoms with Crippen molar-refractivity contribution in [2.45, 2.75) is 43.8 Å². The van der Waals surface area contributed by atoms with E-state index in [0.29, 0.717) is 24.2 Å². The molecule has 0 saturated carbocycles. The van der Waals surface area contributed by atoms with Gasteiger partial charge in [0, 0.05) is 24.3 Å². The Balaban J connectivity index is 1.57. The van der Waals surface area contributed by atoms with Crippen molar-refractivity contribution in [3.63, 3.8) is 0 Å². The average Bonchev–Trinajstić information content (AvgIpc) is 3.33. The van der Waals surface area contributed by atoms with E-state index in [2.05, 4.69) is 4.98 Å². The van der Waals surface area contributed by atoms with Crippen LogP contribution >= 0.6 is 0 Å². The quantitative estimate of drug-likeness (QED) is 0.235. The molecule has 220 valence electrons. The van der Waals surface area contributed by atoms with Crippen LogP contribution in [0.1, 0.15) is 41.3 Å². The Kier molecular flexibility index (Phi) is 9.03. The minimum absolute atomic E-state index is 0.0526. The van der Waals surface area contributed by atoms with Gasteiger partial charge in [-0.1, -0.05) is 72.8 Å². The summed E-state index contributed by atoms with van der Waals surface area (Å²) in [7, 11) is 1.62. The molecule has 4 aromatic rings. The Morgan fingerprint density at radius 2 is 1.52 bits per heavy atom. The molecule has 1 aromatic heterocycles. The first-order valence-electron chi connectivity index (χ1n) is 14.0. The molecular formula is C33H36N2O7. The minimum Gasteiger partial charge on any atom is -0.497 e. The van der Waals surface area contributed by atoms with Crippen LogP contribution < -0.4 is 16.0 Å². The van der Waals surface area contributed by atoms with E-state index in [4.69, 9.17) is 14.2 Å². The van der Waals surface area contributed by atoms with Gasteiger partial charge in [-0.05, 0) is 48.6 Å². The van der Waals surface area contributed by atoms with Gasteiger partial charge in [0.05, 0.1) is 19.8 Å². The van der Waals surface area contributed by atoms with E-state index in [1.807, 2.05) is 84.9 Å². The van der Waals surface area contributed by atoms with E-state index in [9.17, 15) is 19.8 Å². The van der Waals surface area contributed by atoms with Crippen LogP contribution in [0.15, 0.2) is 101 Å². The molecule has 2 heterocycles. The Morgan fingerprint density at radius 1 is 0.929 bits per heavy atom. The van der Waals surface area contributed by atoms with Crippen LogP contribution in [0.4, 0.5) is 0 Å². The number of rotatable bonds is 11. The lowest BCUT2D eigenvalue weighted by atomic mass is 9.80. The summed E-state index contributed by atoms with van der Waals surface area (Å²) in [5.41, 5.74) is 0.785. The maximum absolute atomic E-state index is 12.7. The van der Waals surface area contributed by atoms with E-state index in [0.717, 1.165) is 16.7 Å². The number of H-pyrrole nitrogens is 1. The normalized spacial score (nSPS) is 20.5. The molecule has 9 heteroatoms. The lowest BCUT2D eigenvalue weighted by Crippen LogP contribution is -2.38. The molecule has 0 aliphatic carbocycles. The van der Waals surface area contributed by atoms with Gasteiger partial charge in [-0.3, -0.25) is 14.3 Å². The topological polar surface area (TPSA) is 123 Å². The van der Waals surface area contributed by atoms with Crippen LogP contribution in [-0.4, -0.2) is 52.3 Å². The summed E-state index contributed by atoms with van der Waals surface area (Å²) in [6.07, 6.45) is -0.441. The molecule has 1 fully saturated rings. The summed E-state index contributed by atoms with van der Waals surface area (Å²) in [6, 6.07) is 27.5. The van der Waals surface area contributed by atoms with Crippen molar-refractivity contribution < 1.29 is 24.4 Å². The van der Waals surface area contributed by atoms with Crippen molar-refractivity contribution in [2.75, 3.05) is 20.3 Å². The van der Waals surface area contributed by atoms with Gasteiger partial charge in [-0.2, -0.15) is 0 Å². The van der Waals surface area contributed by atoms with Crippen molar-refractivity contribution in [3.05, 3.63) is 134 Å². The molecule has 3 aromatic carbocycles. The monoisotopic (exact) mass is 572 g/mol. The summed E-state index contributed by atoms with van der Waals surface area (Å²) >= 11 is 0.